The van der Waals surface area contributed by atoms with Gasteiger partial charge in [0.15, 0.2) is 6.10 Å². The number of hydrogen-bond donors (Lipinski definition) is 2. The first-order chi connectivity index (χ1) is 10.5. The molecule has 2 aromatic rings. The van der Waals surface area contributed by atoms with Crippen LogP contribution < -0.4 is 4.74 Å². The lowest BCUT2D eigenvalue weighted by Crippen LogP contribution is -2.21. The van der Waals surface area contributed by atoms with Crippen molar-refractivity contribution in [3.05, 3.63) is 63.6 Å². The van der Waals surface area contributed by atoms with E-state index in [1.165, 1.54) is 0 Å². The standard InChI is InChI=1S/C16H14Cl2O4/c17-13-2-1-3-14(18)12(13)9-22-11-6-4-10(5-7-11)8-15(19)16(20)21/h1-7,15,19H,8-9H2,(H,20,21)/t15-/m0/s1. The molecule has 2 N–H and O–H groups in total. The van der Waals surface area contributed by atoms with E-state index >= 15 is 0 Å². The number of halogens is 2. The van der Waals surface area contributed by atoms with Gasteiger partial charge < -0.3 is 14.9 Å². The van der Waals surface area contributed by atoms with E-state index in [1.54, 1.807) is 42.5 Å². The summed E-state index contributed by atoms with van der Waals surface area (Å²) in [7, 11) is 0. The molecule has 6 heteroatoms. The Morgan fingerprint density at radius 3 is 2.23 bits per heavy atom. The van der Waals surface area contributed by atoms with E-state index in [1.807, 2.05) is 0 Å². The molecule has 4 nitrogen and oxygen atoms in total. The SMILES string of the molecule is O=C(O)[C@@H](O)Cc1ccc(OCc2c(Cl)cccc2Cl)cc1. The Morgan fingerprint density at radius 1 is 1.09 bits per heavy atom. The molecular formula is C16H14Cl2O4. The lowest BCUT2D eigenvalue weighted by molar-refractivity contribution is -0.146. The summed E-state index contributed by atoms with van der Waals surface area (Å²) in [5.41, 5.74) is 1.41. The van der Waals surface area contributed by atoms with Crippen LogP contribution in [-0.2, 0) is 17.8 Å². The van der Waals surface area contributed by atoms with Crippen LogP contribution in [0.25, 0.3) is 0 Å². The van der Waals surface area contributed by atoms with Gasteiger partial charge in [-0.15, -0.1) is 0 Å². The predicted molar refractivity (Wildman–Crippen MR) is 84.6 cm³/mol. The fourth-order valence-electron chi connectivity index (χ4n) is 1.86. The van der Waals surface area contributed by atoms with Crippen LogP contribution in [0.1, 0.15) is 11.1 Å². The summed E-state index contributed by atoms with van der Waals surface area (Å²) in [5, 5.41) is 19.0. The Labute approximate surface area is 137 Å². The number of aliphatic hydroxyl groups excluding tert-OH is 1. The fraction of sp³-hybridized carbons (Fsp3) is 0.188. The Hall–Kier alpha value is -1.75. The zero-order valence-electron chi connectivity index (χ0n) is 11.5. The van der Waals surface area contributed by atoms with Gasteiger partial charge in [0.25, 0.3) is 0 Å². The molecule has 2 rings (SSSR count). The van der Waals surface area contributed by atoms with Gasteiger partial charge in [-0.2, -0.15) is 0 Å². The highest BCUT2D eigenvalue weighted by Crippen LogP contribution is 2.26. The monoisotopic (exact) mass is 340 g/mol. The molecule has 0 saturated heterocycles. The van der Waals surface area contributed by atoms with Crippen molar-refractivity contribution in [1.82, 2.24) is 0 Å². The molecule has 0 aliphatic carbocycles. The van der Waals surface area contributed by atoms with E-state index in [0.717, 1.165) is 0 Å². The van der Waals surface area contributed by atoms with Gasteiger partial charge >= 0.3 is 5.97 Å². The van der Waals surface area contributed by atoms with Crippen molar-refractivity contribution in [2.24, 2.45) is 0 Å². The van der Waals surface area contributed by atoms with Crippen molar-refractivity contribution in [2.75, 3.05) is 0 Å². The van der Waals surface area contributed by atoms with Crippen molar-refractivity contribution >= 4 is 29.2 Å². The third kappa shape index (κ3) is 4.37. The Kier molecular flexibility index (Phi) is 5.66. The first kappa shape index (κ1) is 16.6. The number of hydrogen-bond acceptors (Lipinski definition) is 3. The lowest BCUT2D eigenvalue weighted by atomic mass is 10.1. The minimum Gasteiger partial charge on any atom is -0.489 e. The molecule has 1 atom stereocenters. The van der Waals surface area contributed by atoms with Gasteiger partial charge in [0.05, 0.1) is 0 Å². The molecule has 0 aliphatic rings. The van der Waals surface area contributed by atoms with Gasteiger partial charge in [-0.1, -0.05) is 41.4 Å². The maximum atomic E-state index is 10.6. The molecule has 0 fully saturated rings. The highest BCUT2D eigenvalue weighted by Gasteiger charge is 2.13. The molecule has 0 bridgehead atoms. The largest absolute Gasteiger partial charge is 0.489 e. The summed E-state index contributed by atoms with van der Waals surface area (Å²) in [6.07, 6.45) is -1.36. The number of rotatable bonds is 6. The summed E-state index contributed by atoms with van der Waals surface area (Å²) >= 11 is 12.1. The topological polar surface area (TPSA) is 66.8 Å². The summed E-state index contributed by atoms with van der Waals surface area (Å²) in [5.74, 6) is -0.641. The first-order valence-electron chi connectivity index (χ1n) is 6.53. The Balaban J connectivity index is 1.98. The average Bonchev–Trinajstić information content (AvgIpc) is 2.48. The van der Waals surface area contributed by atoms with Crippen LogP contribution in [0.5, 0.6) is 5.75 Å². The van der Waals surface area contributed by atoms with E-state index in [9.17, 15) is 9.90 Å². The number of carbonyl (C=O) groups is 1. The second-order valence-electron chi connectivity index (χ2n) is 4.69. The molecule has 0 heterocycles. The van der Waals surface area contributed by atoms with Crippen LogP contribution in [-0.4, -0.2) is 22.3 Å². The van der Waals surface area contributed by atoms with Crippen molar-refractivity contribution in [3.8, 4) is 5.75 Å². The number of aliphatic hydroxyl groups is 1. The quantitative estimate of drug-likeness (QED) is 0.843. The smallest absolute Gasteiger partial charge is 0.332 e. The minimum atomic E-state index is -1.41. The third-order valence-corrected chi connectivity index (χ3v) is 3.79. The van der Waals surface area contributed by atoms with Crippen LogP contribution in [0.4, 0.5) is 0 Å². The van der Waals surface area contributed by atoms with Crippen molar-refractivity contribution in [1.29, 1.82) is 0 Å². The molecule has 0 unspecified atom stereocenters. The molecule has 0 aliphatic heterocycles. The van der Waals surface area contributed by atoms with Crippen molar-refractivity contribution in [2.45, 2.75) is 19.1 Å². The maximum absolute atomic E-state index is 10.6. The molecule has 0 saturated carbocycles. The highest BCUT2D eigenvalue weighted by atomic mass is 35.5. The molecule has 22 heavy (non-hydrogen) atoms. The van der Waals surface area contributed by atoms with Crippen LogP contribution in [0.3, 0.4) is 0 Å². The predicted octanol–water partition coefficient (Wildman–Crippen LogP) is 3.56. The average molecular weight is 341 g/mol. The van der Waals surface area contributed by atoms with E-state index in [-0.39, 0.29) is 13.0 Å². The van der Waals surface area contributed by atoms with Crippen LogP contribution >= 0.6 is 23.2 Å². The molecule has 0 spiro atoms. The molecule has 0 radical (unpaired) electrons. The van der Waals surface area contributed by atoms with Gasteiger partial charge in [0, 0.05) is 22.0 Å². The second kappa shape index (κ2) is 7.49. The number of carboxylic acids is 1. The number of aliphatic carboxylic acids is 1. The summed E-state index contributed by atoms with van der Waals surface area (Å²) in [6, 6.07) is 12.1. The summed E-state index contributed by atoms with van der Waals surface area (Å²) in [4.78, 5) is 10.6. The van der Waals surface area contributed by atoms with E-state index in [4.69, 9.17) is 33.0 Å². The van der Waals surface area contributed by atoms with E-state index in [2.05, 4.69) is 0 Å². The minimum absolute atomic E-state index is 0.0476. The van der Waals surface area contributed by atoms with Crippen LogP contribution in [0, 0.1) is 0 Å². The fourth-order valence-corrected chi connectivity index (χ4v) is 2.36. The van der Waals surface area contributed by atoms with Crippen molar-refractivity contribution < 1.29 is 19.7 Å². The van der Waals surface area contributed by atoms with Crippen LogP contribution in [0.2, 0.25) is 10.0 Å². The number of carboxylic acid groups (broad SMARTS) is 1. The molecule has 2 aromatic carbocycles. The maximum Gasteiger partial charge on any atom is 0.332 e. The van der Waals surface area contributed by atoms with Crippen LogP contribution in [0.15, 0.2) is 42.5 Å². The number of ether oxygens (including phenoxy) is 1. The van der Waals surface area contributed by atoms with E-state index < -0.39 is 12.1 Å². The zero-order valence-corrected chi connectivity index (χ0v) is 13.0. The molecule has 0 aromatic heterocycles. The first-order valence-corrected chi connectivity index (χ1v) is 7.28. The zero-order chi connectivity index (χ0) is 16.1. The third-order valence-electron chi connectivity index (χ3n) is 3.08. The summed E-state index contributed by atoms with van der Waals surface area (Å²) < 4.78 is 5.61. The second-order valence-corrected chi connectivity index (χ2v) is 5.51. The normalized spacial score (nSPS) is 12.0. The van der Waals surface area contributed by atoms with Gasteiger partial charge in [0.1, 0.15) is 12.4 Å². The van der Waals surface area contributed by atoms with Crippen molar-refractivity contribution in [3.63, 3.8) is 0 Å². The Morgan fingerprint density at radius 2 is 1.68 bits per heavy atom. The van der Waals surface area contributed by atoms with Gasteiger partial charge in [-0.05, 0) is 29.8 Å². The number of benzene rings is 2. The Bertz CT molecular complexity index is 635. The molecular weight excluding hydrogens is 327 g/mol. The highest BCUT2D eigenvalue weighted by molar-refractivity contribution is 6.35. The molecule has 0 amide bonds. The van der Waals surface area contributed by atoms with E-state index in [0.29, 0.717) is 26.9 Å². The lowest BCUT2D eigenvalue weighted by Gasteiger charge is -2.10. The summed E-state index contributed by atoms with van der Waals surface area (Å²) in [6.45, 7) is 0.232. The van der Waals surface area contributed by atoms with Gasteiger partial charge in [-0.25, -0.2) is 4.79 Å². The van der Waals surface area contributed by atoms with Gasteiger partial charge in [0.2, 0.25) is 0 Å². The molecule has 116 valence electrons. The van der Waals surface area contributed by atoms with Gasteiger partial charge in [-0.3, -0.25) is 0 Å².